The molecule has 4 rings (SSSR count). The summed E-state index contributed by atoms with van der Waals surface area (Å²) in [7, 11) is 1.70. The summed E-state index contributed by atoms with van der Waals surface area (Å²) < 4.78 is 1.41. The molecule has 1 aromatic heterocycles. The van der Waals surface area contributed by atoms with Crippen LogP contribution < -0.4 is 16.6 Å². The molecule has 178 valence electrons. The number of benzene rings is 3. The molecule has 0 unspecified atom stereocenters. The standard InChI is InChI=1S/C27H26N4O4/c1-18(20-11-8-12-21(17-20)28-25(33)19-9-4-3-5-10-19)30(2)24(32)15-16-31-23-14-7-6-13-22(23)26(34)29-27(31)35/h3-14,17-18H,15-16H2,1-2H3,(H,28,33)(H,29,34,35)/t18-/m0/s1. The van der Waals surface area contributed by atoms with Crippen LogP contribution in [0.15, 0.2) is 88.5 Å². The van der Waals surface area contributed by atoms with Crippen LogP contribution in [0.1, 0.15) is 35.3 Å². The van der Waals surface area contributed by atoms with Crippen LogP contribution in [0.25, 0.3) is 10.9 Å². The lowest BCUT2D eigenvalue weighted by Crippen LogP contribution is -2.34. The summed E-state index contributed by atoms with van der Waals surface area (Å²) in [5.74, 6) is -0.364. The van der Waals surface area contributed by atoms with E-state index in [-0.39, 0.29) is 30.8 Å². The maximum absolute atomic E-state index is 13.0. The second-order valence-corrected chi connectivity index (χ2v) is 8.30. The molecule has 0 bridgehead atoms. The number of para-hydroxylation sites is 1. The minimum Gasteiger partial charge on any atom is -0.339 e. The minimum atomic E-state index is -0.543. The van der Waals surface area contributed by atoms with Crippen LogP contribution in [-0.2, 0) is 11.3 Å². The first-order valence-electron chi connectivity index (χ1n) is 11.3. The summed E-state index contributed by atoms with van der Waals surface area (Å²) in [5.41, 5.74) is 1.56. The van der Waals surface area contributed by atoms with E-state index in [0.29, 0.717) is 22.2 Å². The van der Waals surface area contributed by atoms with E-state index in [2.05, 4.69) is 10.3 Å². The van der Waals surface area contributed by atoms with Gasteiger partial charge in [0.25, 0.3) is 11.5 Å². The lowest BCUT2D eigenvalue weighted by Gasteiger charge is -2.26. The summed E-state index contributed by atoms with van der Waals surface area (Å²) in [6, 6.07) is 22.8. The lowest BCUT2D eigenvalue weighted by atomic mass is 10.1. The van der Waals surface area contributed by atoms with Crippen molar-refractivity contribution in [3.63, 3.8) is 0 Å². The third-order valence-electron chi connectivity index (χ3n) is 6.09. The molecule has 3 aromatic carbocycles. The van der Waals surface area contributed by atoms with Crippen molar-refractivity contribution in [1.82, 2.24) is 14.5 Å². The van der Waals surface area contributed by atoms with Crippen LogP contribution in [0.4, 0.5) is 5.69 Å². The first kappa shape index (κ1) is 23.7. The number of rotatable bonds is 7. The predicted octanol–water partition coefficient (Wildman–Crippen LogP) is 3.55. The normalized spacial score (nSPS) is 11.7. The van der Waals surface area contributed by atoms with Crippen LogP contribution >= 0.6 is 0 Å². The van der Waals surface area contributed by atoms with E-state index in [1.165, 1.54) is 4.57 Å². The van der Waals surface area contributed by atoms with Crippen molar-refractivity contribution in [2.24, 2.45) is 0 Å². The molecular weight excluding hydrogens is 444 g/mol. The number of carbonyl (C=O) groups excluding carboxylic acids is 2. The van der Waals surface area contributed by atoms with Gasteiger partial charge in [0.1, 0.15) is 0 Å². The highest BCUT2D eigenvalue weighted by atomic mass is 16.2. The Bertz CT molecular complexity index is 1490. The molecule has 35 heavy (non-hydrogen) atoms. The van der Waals surface area contributed by atoms with Crippen LogP contribution in [0, 0.1) is 0 Å². The largest absolute Gasteiger partial charge is 0.339 e. The van der Waals surface area contributed by atoms with Crippen molar-refractivity contribution < 1.29 is 9.59 Å². The van der Waals surface area contributed by atoms with E-state index in [1.54, 1.807) is 66.5 Å². The molecule has 2 N–H and O–H groups in total. The molecule has 0 aliphatic carbocycles. The van der Waals surface area contributed by atoms with Gasteiger partial charge in [-0.2, -0.15) is 0 Å². The van der Waals surface area contributed by atoms with Gasteiger partial charge in [-0.15, -0.1) is 0 Å². The van der Waals surface area contributed by atoms with Crippen LogP contribution in [0.3, 0.4) is 0 Å². The maximum Gasteiger partial charge on any atom is 0.328 e. The molecule has 0 fully saturated rings. The summed E-state index contributed by atoms with van der Waals surface area (Å²) >= 11 is 0. The zero-order valence-corrected chi connectivity index (χ0v) is 19.5. The Hall–Kier alpha value is -4.46. The van der Waals surface area contributed by atoms with E-state index in [1.807, 2.05) is 31.2 Å². The molecule has 0 saturated heterocycles. The maximum atomic E-state index is 13.0. The number of hydrogen-bond acceptors (Lipinski definition) is 4. The lowest BCUT2D eigenvalue weighted by molar-refractivity contribution is -0.132. The topological polar surface area (TPSA) is 104 Å². The van der Waals surface area contributed by atoms with Crippen molar-refractivity contribution in [1.29, 1.82) is 0 Å². The highest BCUT2D eigenvalue weighted by Crippen LogP contribution is 2.23. The van der Waals surface area contributed by atoms with Gasteiger partial charge in [0.2, 0.25) is 5.91 Å². The monoisotopic (exact) mass is 470 g/mol. The summed E-state index contributed by atoms with van der Waals surface area (Å²) in [4.78, 5) is 53.8. The Labute approximate surface area is 201 Å². The average Bonchev–Trinajstić information content (AvgIpc) is 2.88. The average molecular weight is 471 g/mol. The minimum absolute atomic E-state index is 0.0845. The van der Waals surface area contributed by atoms with Gasteiger partial charge in [0, 0.05) is 31.3 Å². The Morgan fingerprint density at radius 2 is 1.69 bits per heavy atom. The number of nitrogens with one attached hydrogen (secondary N) is 2. The SMILES string of the molecule is C[C@@H](c1cccc(NC(=O)c2ccccc2)c1)N(C)C(=O)CCn1c(=O)[nH]c(=O)c2ccccc21. The number of nitrogens with zero attached hydrogens (tertiary/aromatic N) is 2. The number of anilines is 1. The Kier molecular flexibility index (Phi) is 6.91. The predicted molar refractivity (Wildman–Crippen MR) is 135 cm³/mol. The highest BCUT2D eigenvalue weighted by molar-refractivity contribution is 6.04. The van der Waals surface area contributed by atoms with E-state index >= 15 is 0 Å². The number of aromatic amines is 1. The fraction of sp³-hybridized carbons (Fsp3) is 0.185. The molecule has 1 heterocycles. The third kappa shape index (κ3) is 5.22. The number of aryl methyl sites for hydroxylation is 1. The third-order valence-corrected chi connectivity index (χ3v) is 6.09. The van der Waals surface area contributed by atoms with E-state index in [0.717, 1.165) is 5.56 Å². The molecule has 0 aliphatic heterocycles. The number of hydrogen-bond donors (Lipinski definition) is 2. The van der Waals surface area contributed by atoms with E-state index < -0.39 is 11.2 Å². The van der Waals surface area contributed by atoms with Crippen molar-refractivity contribution in [3.8, 4) is 0 Å². The Morgan fingerprint density at radius 3 is 2.46 bits per heavy atom. The summed E-state index contributed by atoms with van der Waals surface area (Å²) in [6.07, 6.45) is 0.0845. The molecule has 2 amide bonds. The Balaban J connectivity index is 1.45. The van der Waals surface area contributed by atoms with Crippen LogP contribution in [0.2, 0.25) is 0 Å². The highest BCUT2D eigenvalue weighted by Gasteiger charge is 2.19. The van der Waals surface area contributed by atoms with Gasteiger partial charge >= 0.3 is 5.69 Å². The van der Waals surface area contributed by atoms with Gasteiger partial charge in [-0.3, -0.25) is 23.9 Å². The van der Waals surface area contributed by atoms with Crippen molar-refractivity contribution >= 4 is 28.4 Å². The molecular formula is C27H26N4O4. The van der Waals surface area contributed by atoms with E-state index in [4.69, 9.17) is 0 Å². The number of carbonyl (C=O) groups is 2. The fourth-order valence-corrected chi connectivity index (χ4v) is 3.96. The smallest absolute Gasteiger partial charge is 0.328 e. The van der Waals surface area contributed by atoms with Crippen LogP contribution in [-0.4, -0.2) is 33.3 Å². The molecule has 0 saturated carbocycles. The van der Waals surface area contributed by atoms with Crippen LogP contribution in [0.5, 0.6) is 0 Å². The zero-order chi connectivity index (χ0) is 24.9. The van der Waals surface area contributed by atoms with Gasteiger partial charge in [-0.25, -0.2) is 4.79 Å². The molecule has 0 aliphatic rings. The number of amides is 2. The van der Waals surface area contributed by atoms with Crippen molar-refractivity contribution in [3.05, 3.63) is 111 Å². The van der Waals surface area contributed by atoms with Gasteiger partial charge in [-0.1, -0.05) is 42.5 Å². The number of H-pyrrole nitrogens is 1. The fourth-order valence-electron chi connectivity index (χ4n) is 3.96. The quantitative estimate of drug-likeness (QED) is 0.431. The second kappa shape index (κ2) is 10.2. The summed E-state index contributed by atoms with van der Waals surface area (Å²) in [5, 5.41) is 3.29. The van der Waals surface area contributed by atoms with Gasteiger partial charge < -0.3 is 10.2 Å². The van der Waals surface area contributed by atoms with Crippen molar-refractivity contribution in [2.75, 3.05) is 12.4 Å². The van der Waals surface area contributed by atoms with Gasteiger partial charge in [-0.05, 0) is 48.9 Å². The molecule has 0 spiro atoms. The number of aromatic nitrogens is 2. The molecule has 4 aromatic rings. The molecule has 8 heteroatoms. The van der Waals surface area contributed by atoms with Crippen molar-refractivity contribution in [2.45, 2.75) is 25.9 Å². The second-order valence-electron chi connectivity index (χ2n) is 8.30. The first-order valence-corrected chi connectivity index (χ1v) is 11.3. The molecule has 0 radical (unpaired) electrons. The summed E-state index contributed by atoms with van der Waals surface area (Å²) in [6.45, 7) is 2.04. The molecule has 1 atom stereocenters. The van der Waals surface area contributed by atoms with Gasteiger partial charge in [0.05, 0.1) is 16.9 Å². The van der Waals surface area contributed by atoms with E-state index in [9.17, 15) is 19.2 Å². The zero-order valence-electron chi connectivity index (χ0n) is 19.5. The Morgan fingerprint density at radius 1 is 0.971 bits per heavy atom. The molecule has 8 nitrogen and oxygen atoms in total. The number of fused-ring (bicyclic) bond motifs is 1. The first-order chi connectivity index (χ1) is 16.8. The van der Waals surface area contributed by atoms with Gasteiger partial charge in [0.15, 0.2) is 0 Å².